The molecule has 56 valence electrons. The highest BCUT2D eigenvalue weighted by Gasteiger charge is 2.07. The molecule has 0 N–H and O–H groups in total. The molecule has 0 aliphatic carbocycles. The minimum Gasteiger partial charge on any atom is -0.204 e. The summed E-state index contributed by atoms with van der Waals surface area (Å²) >= 11 is 4.57. The first-order chi connectivity index (χ1) is 5.29. The van der Waals surface area contributed by atoms with Gasteiger partial charge in [0.2, 0.25) is 0 Å². The fourth-order valence-corrected chi connectivity index (χ4v) is 2.53. The maximum absolute atomic E-state index is 13.1. The molecule has 0 spiro atoms. The van der Waals surface area contributed by atoms with Crippen molar-refractivity contribution in [2.24, 2.45) is 0 Å². The Labute approximate surface area is 75.8 Å². The summed E-state index contributed by atoms with van der Waals surface area (Å²) < 4.78 is 14.7. The summed E-state index contributed by atoms with van der Waals surface area (Å²) in [6.07, 6.45) is 0. The lowest BCUT2D eigenvalue weighted by Crippen LogP contribution is -1.66. The van der Waals surface area contributed by atoms with Gasteiger partial charge < -0.3 is 0 Å². The van der Waals surface area contributed by atoms with E-state index in [0.717, 1.165) is 4.70 Å². The van der Waals surface area contributed by atoms with Gasteiger partial charge in [-0.05, 0) is 22.0 Å². The summed E-state index contributed by atoms with van der Waals surface area (Å²) in [5.41, 5.74) is 0. The molecule has 11 heavy (non-hydrogen) atoms. The molecule has 3 heteroatoms. The number of fused-ring (bicyclic) bond motifs is 1. The van der Waals surface area contributed by atoms with Gasteiger partial charge in [-0.1, -0.05) is 18.2 Å². The van der Waals surface area contributed by atoms with Gasteiger partial charge in [-0.3, -0.25) is 0 Å². The highest BCUT2D eigenvalue weighted by Crippen LogP contribution is 2.33. The molecule has 0 bridgehead atoms. The lowest BCUT2D eigenvalue weighted by Gasteiger charge is -1.84. The zero-order valence-corrected chi connectivity index (χ0v) is 7.88. The monoisotopic (exact) mass is 230 g/mol. The quantitative estimate of drug-likeness (QED) is 0.646. The van der Waals surface area contributed by atoms with Gasteiger partial charge in [0.1, 0.15) is 3.79 Å². The van der Waals surface area contributed by atoms with Crippen molar-refractivity contribution >= 4 is 37.4 Å². The fourth-order valence-electron chi connectivity index (χ4n) is 0.984. The molecule has 2 aromatic rings. The van der Waals surface area contributed by atoms with Crippen LogP contribution in [0.3, 0.4) is 0 Å². The third kappa shape index (κ3) is 1.08. The van der Waals surface area contributed by atoms with Gasteiger partial charge in [0, 0.05) is 10.1 Å². The van der Waals surface area contributed by atoms with Crippen LogP contribution in [0, 0.1) is 5.82 Å². The van der Waals surface area contributed by atoms with E-state index in [4.69, 9.17) is 0 Å². The third-order valence-corrected chi connectivity index (χ3v) is 3.26. The zero-order chi connectivity index (χ0) is 7.84. The Hall–Kier alpha value is -0.410. The molecule has 0 saturated carbocycles. The minimum atomic E-state index is -0.148. The predicted molar refractivity (Wildman–Crippen MR) is 49.5 cm³/mol. The summed E-state index contributed by atoms with van der Waals surface area (Å²) in [6, 6.07) is 7.44. The predicted octanol–water partition coefficient (Wildman–Crippen LogP) is 3.80. The first kappa shape index (κ1) is 7.25. The average molecular weight is 231 g/mol. The van der Waals surface area contributed by atoms with Crippen molar-refractivity contribution in [3.63, 3.8) is 0 Å². The van der Waals surface area contributed by atoms with E-state index in [1.165, 1.54) is 11.3 Å². The second-order valence-corrected chi connectivity index (χ2v) is 4.56. The van der Waals surface area contributed by atoms with Crippen molar-refractivity contribution in [1.29, 1.82) is 0 Å². The van der Waals surface area contributed by atoms with Crippen molar-refractivity contribution in [1.82, 2.24) is 0 Å². The summed E-state index contributed by atoms with van der Waals surface area (Å²) in [5, 5.41) is 0.698. The van der Waals surface area contributed by atoms with E-state index in [0.29, 0.717) is 9.17 Å². The first-order valence-electron chi connectivity index (χ1n) is 3.11. The second-order valence-electron chi connectivity index (χ2n) is 2.19. The molecule has 0 radical (unpaired) electrons. The molecule has 2 rings (SSSR count). The topological polar surface area (TPSA) is 0 Å². The Morgan fingerprint density at radius 2 is 2.00 bits per heavy atom. The molecule has 1 heterocycles. The van der Waals surface area contributed by atoms with Crippen LogP contribution in [-0.2, 0) is 0 Å². The maximum atomic E-state index is 13.1. The standard InChI is InChI=1S/C8H4BrFS/c9-8-7(10)5-3-1-2-4-6(5)11-8/h1-4H. The van der Waals surface area contributed by atoms with E-state index in [-0.39, 0.29) is 5.82 Å². The highest BCUT2D eigenvalue weighted by atomic mass is 79.9. The molecular weight excluding hydrogens is 227 g/mol. The zero-order valence-electron chi connectivity index (χ0n) is 5.47. The fraction of sp³-hybridized carbons (Fsp3) is 0. The van der Waals surface area contributed by atoms with Crippen LogP contribution in [-0.4, -0.2) is 0 Å². The summed E-state index contributed by atoms with van der Waals surface area (Å²) in [7, 11) is 0. The maximum Gasteiger partial charge on any atom is 0.156 e. The molecule has 0 fully saturated rings. The minimum absolute atomic E-state index is 0.148. The van der Waals surface area contributed by atoms with Gasteiger partial charge in [-0.25, -0.2) is 4.39 Å². The van der Waals surface area contributed by atoms with Crippen molar-refractivity contribution in [3.05, 3.63) is 33.9 Å². The van der Waals surface area contributed by atoms with Crippen LogP contribution in [0.4, 0.5) is 4.39 Å². The number of hydrogen-bond acceptors (Lipinski definition) is 1. The molecule has 0 saturated heterocycles. The number of benzene rings is 1. The number of hydrogen-bond donors (Lipinski definition) is 0. The van der Waals surface area contributed by atoms with Crippen LogP contribution in [0.25, 0.3) is 10.1 Å². The Morgan fingerprint density at radius 1 is 1.27 bits per heavy atom. The van der Waals surface area contributed by atoms with Gasteiger partial charge in [-0.15, -0.1) is 11.3 Å². The van der Waals surface area contributed by atoms with Gasteiger partial charge in [-0.2, -0.15) is 0 Å². The van der Waals surface area contributed by atoms with Gasteiger partial charge in [0.05, 0.1) is 0 Å². The summed E-state index contributed by atoms with van der Waals surface area (Å²) in [6.45, 7) is 0. The van der Waals surface area contributed by atoms with Crippen LogP contribution in [0.2, 0.25) is 0 Å². The van der Waals surface area contributed by atoms with E-state index in [1.807, 2.05) is 18.2 Å². The van der Waals surface area contributed by atoms with Crippen LogP contribution < -0.4 is 0 Å². The third-order valence-electron chi connectivity index (χ3n) is 1.50. The van der Waals surface area contributed by atoms with Gasteiger partial charge in [0.15, 0.2) is 5.82 Å². The molecule has 1 aromatic heterocycles. The highest BCUT2D eigenvalue weighted by molar-refractivity contribution is 9.11. The van der Waals surface area contributed by atoms with Crippen LogP contribution in [0.15, 0.2) is 28.1 Å². The molecule has 0 atom stereocenters. The number of thiophene rings is 1. The van der Waals surface area contributed by atoms with Crippen molar-refractivity contribution < 1.29 is 4.39 Å². The van der Waals surface area contributed by atoms with E-state index >= 15 is 0 Å². The smallest absolute Gasteiger partial charge is 0.156 e. The summed E-state index contributed by atoms with van der Waals surface area (Å²) in [4.78, 5) is 0. The molecule has 1 aromatic carbocycles. The second kappa shape index (κ2) is 2.57. The van der Waals surface area contributed by atoms with Gasteiger partial charge >= 0.3 is 0 Å². The Balaban J connectivity index is 2.92. The first-order valence-corrected chi connectivity index (χ1v) is 4.72. The SMILES string of the molecule is Fc1c(Br)sc2ccccc12. The van der Waals surface area contributed by atoms with Crippen LogP contribution in [0.5, 0.6) is 0 Å². The van der Waals surface area contributed by atoms with Crippen LogP contribution >= 0.6 is 27.3 Å². The van der Waals surface area contributed by atoms with E-state index in [1.54, 1.807) is 6.07 Å². The lowest BCUT2D eigenvalue weighted by molar-refractivity contribution is 0.639. The van der Waals surface area contributed by atoms with E-state index in [2.05, 4.69) is 15.9 Å². The lowest BCUT2D eigenvalue weighted by atomic mass is 10.3. The Kier molecular flexibility index (Phi) is 1.69. The molecule has 0 aliphatic rings. The molecule has 0 unspecified atom stereocenters. The molecule has 0 aliphatic heterocycles. The van der Waals surface area contributed by atoms with Crippen LogP contribution in [0.1, 0.15) is 0 Å². The van der Waals surface area contributed by atoms with Gasteiger partial charge in [0.25, 0.3) is 0 Å². The molecule has 0 amide bonds. The van der Waals surface area contributed by atoms with Crippen molar-refractivity contribution in [2.45, 2.75) is 0 Å². The Morgan fingerprint density at radius 3 is 2.73 bits per heavy atom. The Bertz CT molecular complexity index is 394. The number of halogens is 2. The van der Waals surface area contributed by atoms with Crippen molar-refractivity contribution in [2.75, 3.05) is 0 Å². The molecule has 0 nitrogen and oxygen atoms in total. The van der Waals surface area contributed by atoms with Crippen molar-refractivity contribution in [3.8, 4) is 0 Å². The van der Waals surface area contributed by atoms with E-state index in [9.17, 15) is 4.39 Å². The summed E-state index contributed by atoms with van der Waals surface area (Å²) in [5.74, 6) is -0.148. The normalized spacial score (nSPS) is 10.7. The van der Waals surface area contributed by atoms with E-state index < -0.39 is 0 Å². The average Bonchev–Trinajstić information content (AvgIpc) is 2.30. The molecular formula is C8H4BrFS. The largest absolute Gasteiger partial charge is 0.204 e. The number of rotatable bonds is 0.